The molecule has 0 bridgehead atoms. The van der Waals surface area contributed by atoms with Crippen molar-refractivity contribution in [3.63, 3.8) is 0 Å². The molecule has 3 heterocycles. The summed E-state index contributed by atoms with van der Waals surface area (Å²) in [5, 5.41) is 11.9. The minimum absolute atomic E-state index is 0.0142. The maximum Gasteiger partial charge on any atom is 0.514 e. The number of nitriles is 1. The van der Waals surface area contributed by atoms with Gasteiger partial charge >= 0.3 is 7.12 Å². The molecule has 43 heavy (non-hydrogen) atoms. The molecule has 1 aliphatic rings. The summed E-state index contributed by atoms with van der Waals surface area (Å²) in [6, 6.07) is 27.9. The van der Waals surface area contributed by atoms with Crippen molar-refractivity contribution >= 4 is 34.5 Å². The van der Waals surface area contributed by atoms with Gasteiger partial charge < -0.3 is 9.31 Å². The fraction of sp³-hybridized carbons (Fsp3) is 0.351. The quantitative estimate of drug-likeness (QED) is 0.204. The summed E-state index contributed by atoms with van der Waals surface area (Å²) in [7, 11) is -0.607. The first-order valence-corrected chi connectivity index (χ1v) is 15.2. The van der Waals surface area contributed by atoms with Crippen LogP contribution in [-0.2, 0) is 14.7 Å². The van der Waals surface area contributed by atoms with E-state index in [0.717, 1.165) is 44.3 Å². The molecule has 0 aliphatic carbocycles. The van der Waals surface area contributed by atoms with Gasteiger partial charge in [-0.15, -0.1) is 0 Å². The van der Waals surface area contributed by atoms with Crippen molar-refractivity contribution in [2.75, 3.05) is 0 Å². The minimum atomic E-state index is -0.607. The Hall–Kier alpha value is -3.92. The maximum absolute atomic E-state index is 9.74. The van der Waals surface area contributed by atoms with E-state index in [-0.39, 0.29) is 5.41 Å². The van der Waals surface area contributed by atoms with Crippen LogP contribution >= 0.6 is 0 Å². The van der Waals surface area contributed by atoms with Crippen LogP contribution < -0.4 is 5.59 Å². The molecule has 2 aromatic heterocycles. The van der Waals surface area contributed by atoms with Crippen LogP contribution in [-0.4, -0.2) is 27.9 Å². The molecule has 1 aliphatic heterocycles. The summed E-state index contributed by atoms with van der Waals surface area (Å²) >= 11 is 0. The van der Waals surface area contributed by atoms with Gasteiger partial charge in [0, 0.05) is 10.8 Å². The lowest BCUT2D eigenvalue weighted by atomic mass is 9.82. The molecule has 1 saturated heterocycles. The highest BCUT2D eigenvalue weighted by Gasteiger charge is 2.52. The number of hydrogen-bond acceptors (Lipinski definition) is 4. The van der Waals surface area contributed by atoms with E-state index in [9.17, 15) is 5.26 Å². The first-order valence-electron chi connectivity index (χ1n) is 15.2. The molecule has 0 amide bonds. The van der Waals surface area contributed by atoms with Crippen molar-refractivity contribution in [2.45, 2.75) is 84.8 Å². The standard InChI is InChI=1S/C37H40BN3O2/c1-23(2)25-11-13-26(14-12-25)27-19-33(38-42-36(6,7)37(8,9)43-38)40-34(20-27)41-31-16-10-24(22-39)18-29(31)30-21-28(35(3,4)5)15-17-32(30)41/h10-21,23H,1-9H3. The van der Waals surface area contributed by atoms with Crippen molar-refractivity contribution in [3.8, 4) is 23.0 Å². The van der Waals surface area contributed by atoms with E-state index in [1.165, 1.54) is 11.1 Å². The predicted octanol–water partition coefficient (Wildman–Crippen LogP) is 8.44. The van der Waals surface area contributed by atoms with Gasteiger partial charge in [0.25, 0.3) is 0 Å². The number of fused-ring (bicyclic) bond motifs is 3. The number of pyridine rings is 1. The molecule has 0 radical (unpaired) electrons. The molecular formula is C37H40BN3O2. The highest BCUT2D eigenvalue weighted by molar-refractivity contribution is 6.61. The monoisotopic (exact) mass is 569 g/mol. The van der Waals surface area contributed by atoms with Gasteiger partial charge in [-0.1, -0.05) is 65.0 Å². The summed E-state index contributed by atoms with van der Waals surface area (Å²) in [5.41, 5.74) is 7.11. The van der Waals surface area contributed by atoms with Crippen LogP contribution in [0.15, 0.2) is 72.8 Å². The van der Waals surface area contributed by atoms with Gasteiger partial charge in [0.15, 0.2) is 0 Å². The first-order chi connectivity index (χ1) is 20.2. The summed E-state index contributed by atoms with van der Waals surface area (Å²) in [6.45, 7) is 19.3. The average molecular weight is 570 g/mol. The molecule has 3 aromatic carbocycles. The zero-order valence-corrected chi connectivity index (χ0v) is 26.7. The van der Waals surface area contributed by atoms with E-state index in [4.69, 9.17) is 14.3 Å². The molecule has 6 rings (SSSR count). The van der Waals surface area contributed by atoms with Gasteiger partial charge in [0.1, 0.15) is 5.82 Å². The lowest BCUT2D eigenvalue weighted by Crippen LogP contribution is -2.41. The molecule has 1 fully saturated rings. The van der Waals surface area contributed by atoms with E-state index < -0.39 is 18.3 Å². The first kappa shape index (κ1) is 29.2. The fourth-order valence-corrected chi connectivity index (χ4v) is 5.77. The second-order valence-corrected chi connectivity index (χ2v) is 14.2. The molecule has 0 saturated carbocycles. The maximum atomic E-state index is 9.74. The molecule has 5 aromatic rings. The molecular weight excluding hydrogens is 529 g/mol. The number of aromatic nitrogens is 2. The zero-order valence-electron chi connectivity index (χ0n) is 26.7. The number of rotatable bonds is 4. The molecule has 0 N–H and O–H groups in total. The molecule has 0 atom stereocenters. The number of hydrogen-bond donors (Lipinski definition) is 0. The van der Waals surface area contributed by atoms with Crippen molar-refractivity contribution in [3.05, 3.63) is 89.5 Å². The zero-order chi connectivity index (χ0) is 30.9. The molecule has 218 valence electrons. The van der Waals surface area contributed by atoms with Crippen LogP contribution in [0.25, 0.3) is 38.8 Å². The van der Waals surface area contributed by atoms with E-state index in [0.29, 0.717) is 11.5 Å². The summed E-state index contributed by atoms with van der Waals surface area (Å²) in [6.07, 6.45) is 0. The van der Waals surface area contributed by atoms with Crippen LogP contribution in [0.2, 0.25) is 0 Å². The molecule has 0 spiro atoms. The Bertz CT molecular complexity index is 1890. The predicted molar refractivity (Wildman–Crippen MR) is 177 cm³/mol. The Balaban J connectivity index is 1.62. The van der Waals surface area contributed by atoms with Gasteiger partial charge in [-0.25, -0.2) is 4.98 Å². The van der Waals surface area contributed by atoms with Gasteiger partial charge in [-0.2, -0.15) is 5.26 Å². The van der Waals surface area contributed by atoms with Gasteiger partial charge in [0.2, 0.25) is 0 Å². The third kappa shape index (κ3) is 5.05. The van der Waals surface area contributed by atoms with Crippen molar-refractivity contribution < 1.29 is 9.31 Å². The molecule has 0 unspecified atom stereocenters. The van der Waals surface area contributed by atoms with Crippen molar-refractivity contribution in [1.29, 1.82) is 5.26 Å². The molecule has 5 nitrogen and oxygen atoms in total. The van der Waals surface area contributed by atoms with Crippen LogP contribution in [0.1, 0.15) is 84.9 Å². The van der Waals surface area contributed by atoms with Gasteiger partial charge in [0.05, 0.1) is 39.5 Å². The van der Waals surface area contributed by atoms with E-state index >= 15 is 0 Å². The highest BCUT2D eigenvalue weighted by atomic mass is 16.7. The van der Waals surface area contributed by atoms with Crippen molar-refractivity contribution in [1.82, 2.24) is 9.55 Å². The van der Waals surface area contributed by atoms with Gasteiger partial charge in [-0.05, 0) is 104 Å². The smallest absolute Gasteiger partial charge is 0.398 e. The van der Waals surface area contributed by atoms with E-state index in [2.05, 4.69) is 128 Å². The van der Waals surface area contributed by atoms with Gasteiger partial charge in [-0.3, -0.25) is 4.57 Å². The largest absolute Gasteiger partial charge is 0.514 e. The normalized spacial score (nSPS) is 16.3. The Kier molecular flexibility index (Phi) is 6.84. The van der Waals surface area contributed by atoms with Crippen LogP contribution in [0.4, 0.5) is 0 Å². The second kappa shape index (κ2) is 10.1. The lowest BCUT2D eigenvalue weighted by Gasteiger charge is -2.32. The topological polar surface area (TPSA) is 60.1 Å². The van der Waals surface area contributed by atoms with Crippen molar-refractivity contribution in [2.24, 2.45) is 0 Å². The highest BCUT2D eigenvalue weighted by Crippen LogP contribution is 2.38. The summed E-state index contributed by atoms with van der Waals surface area (Å²) < 4.78 is 15.2. The number of benzene rings is 3. The van der Waals surface area contributed by atoms with Crippen LogP contribution in [0, 0.1) is 11.3 Å². The van der Waals surface area contributed by atoms with E-state index in [1.54, 1.807) is 0 Å². The molecule has 6 heteroatoms. The second-order valence-electron chi connectivity index (χ2n) is 14.2. The Morgan fingerprint density at radius 1 is 0.791 bits per heavy atom. The third-order valence-electron chi connectivity index (χ3n) is 9.23. The van der Waals surface area contributed by atoms with Crippen LogP contribution in [0.3, 0.4) is 0 Å². The Morgan fingerprint density at radius 3 is 1.98 bits per heavy atom. The minimum Gasteiger partial charge on any atom is -0.398 e. The Morgan fingerprint density at radius 2 is 1.40 bits per heavy atom. The summed E-state index contributed by atoms with van der Waals surface area (Å²) in [5.74, 6) is 1.24. The third-order valence-corrected chi connectivity index (χ3v) is 9.23. The Labute approximate surface area is 255 Å². The lowest BCUT2D eigenvalue weighted by molar-refractivity contribution is 0.00578. The average Bonchev–Trinajstić information content (AvgIpc) is 3.40. The fourth-order valence-electron chi connectivity index (χ4n) is 5.77. The van der Waals surface area contributed by atoms with Crippen LogP contribution in [0.5, 0.6) is 0 Å². The summed E-state index contributed by atoms with van der Waals surface area (Å²) in [4.78, 5) is 5.22. The van der Waals surface area contributed by atoms with E-state index in [1.807, 2.05) is 18.2 Å². The number of nitrogens with zero attached hydrogens (tertiary/aromatic N) is 3. The SMILES string of the molecule is CC(C)c1ccc(-c2cc(B3OC(C)(C)C(C)(C)O3)nc(-n3c4ccc(C#N)cc4c4cc(C(C)(C)C)ccc43)c2)cc1.